The number of amides is 2. The van der Waals surface area contributed by atoms with Gasteiger partial charge in [0.2, 0.25) is 5.91 Å². The Morgan fingerprint density at radius 1 is 1.08 bits per heavy atom. The molecule has 2 aliphatic rings. The van der Waals surface area contributed by atoms with Crippen molar-refractivity contribution in [1.82, 2.24) is 9.80 Å². The summed E-state index contributed by atoms with van der Waals surface area (Å²) in [6, 6.07) is 7.35. The lowest BCUT2D eigenvalue weighted by molar-refractivity contribution is -0.141. The molecule has 0 aromatic heterocycles. The van der Waals surface area contributed by atoms with Gasteiger partial charge in [-0.15, -0.1) is 0 Å². The number of hydrogen-bond acceptors (Lipinski definition) is 4. The Kier molecular flexibility index (Phi) is 5.91. The van der Waals surface area contributed by atoms with E-state index in [0.717, 1.165) is 12.8 Å². The summed E-state index contributed by atoms with van der Waals surface area (Å²) in [7, 11) is 0. The van der Waals surface area contributed by atoms with E-state index < -0.39 is 0 Å². The van der Waals surface area contributed by atoms with Crippen LogP contribution in [-0.4, -0.2) is 67.6 Å². The van der Waals surface area contributed by atoms with Gasteiger partial charge in [-0.2, -0.15) is 0 Å². The van der Waals surface area contributed by atoms with Gasteiger partial charge < -0.3 is 19.3 Å². The van der Waals surface area contributed by atoms with E-state index in [9.17, 15) is 9.59 Å². The molecule has 0 bridgehead atoms. The molecule has 2 amide bonds. The number of carbonyl (C=O) groups is 2. The Morgan fingerprint density at radius 3 is 2.44 bits per heavy atom. The number of ether oxygens (including phenoxy) is 2. The van der Waals surface area contributed by atoms with Gasteiger partial charge in [-0.1, -0.05) is 12.1 Å². The third-order valence-electron chi connectivity index (χ3n) is 4.87. The first-order valence-electron chi connectivity index (χ1n) is 9.08. The van der Waals surface area contributed by atoms with Gasteiger partial charge in [0.15, 0.2) is 0 Å². The number of nitrogens with zero attached hydrogens (tertiary/aromatic N) is 2. The Labute approximate surface area is 148 Å². The third kappa shape index (κ3) is 4.12. The van der Waals surface area contributed by atoms with Crippen LogP contribution in [0, 0.1) is 5.92 Å². The standard InChI is InChI=1S/C19H26N2O4/c1-2-25-17-6-4-3-5-16(17)19(23)20-9-7-15(8-10-20)18(22)21-11-13-24-14-12-21/h3-6,15H,2,7-14H2,1H3. The third-order valence-corrected chi connectivity index (χ3v) is 4.87. The molecule has 6 nitrogen and oxygen atoms in total. The quantitative estimate of drug-likeness (QED) is 0.834. The fourth-order valence-electron chi connectivity index (χ4n) is 3.47. The molecular formula is C19H26N2O4. The summed E-state index contributed by atoms with van der Waals surface area (Å²) in [5, 5.41) is 0. The molecule has 1 aromatic rings. The van der Waals surface area contributed by atoms with Crippen molar-refractivity contribution in [2.75, 3.05) is 46.0 Å². The normalized spacial score (nSPS) is 18.9. The largest absolute Gasteiger partial charge is 0.493 e. The number of hydrogen-bond donors (Lipinski definition) is 0. The maximum absolute atomic E-state index is 12.8. The highest BCUT2D eigenvalue weighted by Gasteiger charge is 2.31. The molecule has 0 atom stereocenters. The number of piperidine rings is 1. The van der Waals surface area contributed by atoms with Gasteiger partial charge in [-0.3, -0.25) is 9.59 Å². The van der Waals surface area contributed by atoms with Crippen molar-refractivity contribution in [3.8, 4) is 5.75 Å². The highest BCUT2D eigenvalue weighted by atomic mass is 16.5. The van der Waals surface area contributed by atoms with Crippen LogP contribution in [0.4, 0.5) is 0 Å². The lowest BCUT2D eigenvalue weighted by Gasteiger charge is -2.35. The van der Waals surface area contributed by atoms with E-state index in [1.807, 2.05) is 34.9 Å². The minimum atomic E-state index is -0.0127. The summed E-state index contributed by atoms with van der Waals surface area (Å²) in [6.07, 6.45) is 1.44. The zero-order valence-corrected chi connectivity index (χ0v) is 14.8. The second-order valence-electron chi connectivity index (χ2n) is 6.43. The highest BCUT2D eigenvalue weighted by Crippen LogP contribution is 2.25. The van der Waals surface area contributed by atoms with Gasteiger partial charge in [0.05, 0.1) is 25.4 Å². The van der Waals surface area contributed by atoms with Crippen molar-refractivity contribution in [3.05, 3.63) is 29.8 Å². The molecular weight excluding hydrogens is 320 g/mol. The Balaban J connectivity index is 1.58. The molecule has 0 saturated carbocycles. The van der Waals surface area contributed by atoms with E-state index in [1.54, 1.807) is 6.07 Å². The van der Waals surface area contributed by atoms with Gasteiger partial charge >= 0.3 is 0 Å². The maximum atomic E-state index is 12.8. The van der Waals surface area contributed by atoms with Crippen molar-refractivity contribution >= 4 is 11.8 Å². The summed E-state index contributed by atoms with van der Waals surface area (Å²) in [4.78, 5) is 29.1. The van der Waals surface area contributed by atoms with Crippen LogP contribution >= 0.6 is 0 Å². The Bertz CT molecular complexity index is 605. The van der Waals surface area contributed by atoms with Crippen LogP contribution in [0.15, 0.2) is 24.3 Å². The maximum Gasteiger partial charge on any atom is 0.257 e. The van der Waals surface area contributed by atoms with E-state index in [-0.39, 0.29) is 17.7 Å². The number of para-hydroxylation sites is 1. The summed E-state index contributed by atoms with van der Waals surface area (Å²) < 4.78 is 10.9. The van der Waals surface area contributed by atoms with Crippen molar-refractivity contribution in [2.24, 2.45) is 5.92 Å². The first-order chi connectivity index (χ1) is 12.2. The van der Waals surface area contributed by atoms with Crippen LogP contribution in [0.3, 0.4) is 0 Å². The second kappa shape index (κ2) is 8.34. The molecule has 0 N–H and O–H groups in total. The minimum absolute atomic E-state index is 0.0127. The number of likely N-dealkylation sites (tertiary alicyclic amines) is 1. The summed E-state index contributed by atoms with van der Waals surface area (Å²) in [5.41, 5.74) is 0.599. The molecule has 2 saturated heterocycles. The molecule has 3 rings (SSSR count). The average molecular weight is 346 g/mol. The van der Waals surface area contributed by atoms with Crippen LogP contribution in [0.5, 0.6) is 5.75 Å². The molecule has 0 spiro atoms. The fraction of sp³-hybridized carbons (Fsp3) is 0.579. The number of benzene rings is 1. The predicted octanol–water partition coefficient (Wildman–Crippen LogP) is 1.80. The van der Waals surface area contributed by atoms with Crippen LogP contribution in [0.1, 0.15) is 30.1 Å². The molecule has 0 aliphatic carbocycles. The molecule has 6 heteroatoms. The van der Waals surface area contributed by atoms with Gasteiger partial charge in [-0.25, -0.2) is 0 Å². The zero-order chi connectivity index (χ0) is 17.6. The fourth-order valence-corrected chi connectivity index (χ4v) is 3.47. The smallest absolute Gasteiger partial charge is 0.257 e. The molecule has 0 radical (unpaired) electrons. The topological polar surface area (TPSA) is 59.1 Å². The minimum Gasteiger partial charge on any atom is -0.493 e. The highest BCUT2D eigenvalue weighted by molar-refractivity contribution is 5.97. The first-order valence-corrected chi connectivity index (χ1v) is 9.08. The van der Waals surface area contributed by atoms with E-state index in [1.165, 1.54) is 0 Å². The van der Waals surface area contributed by atoms with Crippen LogP contribution in [0.25, 0.3) is 0 Å². The molecule has 2 aliphatic heterocycles. The lowest BCUT2D eigenvalue weighted by atomic mass is 9.94. The predicted molar refractivity (Wildman–Crippen MR) is 93.6 cm³/mol. The number of morpholine rings is 1. The van der Waals surface area contributed by atoms with E-state index >= 15 is 0 Å². The first kappa shape index (κ1) is 17.7. The van der Waals surface area contributed by atoms with E-state index in [4.69, 9.17) is 9.47 Å². The molecule has 25 heavy (non-hydrogen) atoms. The Hall–Kier alpha value is -2.08. The van der Waals surface area contributed by atoms with Crippen molar-refractivity contribution < 1.29 is 19.1 Å². The van der Waals surface area contributed by atoms with Crippen molar-refractivity contribution in [2.45, 2.75) is 19.8 Å². The van der Waals surface area contributed by atoms with Gasteiger partial charge in [-0.05, 0) is 31.9 Å². The van der Waals surface area contributed by atoms with E-state index in [2.05, 4.69) is 0 Å². The molecule has 1 aromatic carbocycles. The summed E-state index contributed by atoms with van der Waals surface area (Å²) in [6.45, 7) is 6.26. The second-order valence-corrected chi connectivity index (χ2v) is 6.43. The molecule has 136 valence electrons. The zero-order valence-electron chi connectivity index (χ0n) is 14.8. The molecule has 0 unspecified atom stereocenters. The van der Waals surface area contributed by atoms with Crippen LogP contribution < -0.4 is 4.74 Å². The number of rotatable bonds is 4. The monoisotopic (exact) mass is 346 g/mol. The molecule has 2 fully saturated rings. The van der Waals surface area contributed by atoms with Gasteiger partial charge in [0.25, 0.3) is 5.91 Å². The SMILES string of the molecule is CCOc1ccccc1C(=O)N1CCC(C(=O)N2CCOCC2)CC1. The Morgan fingerprint density at radius 2 is 1.76 bits per heavy atom. The van der Waals surface area contributed by atoms with Crippen LogP contribution in [-0.2, 0) is 9.53 Å². The summed E-state index contributed by atoms with van der Waals surface area (Å²) >= 11 is 0. The van der Waals surface area contributed by atoms with Crippen molar-refractivity contribution in [3.63, 3.8) is 0 Å². The van der Waals surface area contributed by atoms with Gasteiger partial charge in [0.1, 0.15) is 5.75 Å². The summed E-state index contributed by atoms with van der Waals surface area (Å²) in [5.74, 6) is 0.845. The van der Waals surface area contributed by atoms with E-state index in [0.29, 0.717) is 57.3 Å². The van der Waals surface area contributed by atoms with Gasteiger partial charge in [0, 0.05) is 32.1 Å². The lowest BCUT2D eigenvalue weighted by Crippen LogP contribution is -2.47. The van der Waals surface area contributed by atoms with Crippen molar-refractivity contribution in [1.29, 1.82) is 0 Å². The molecule has 2 heterocycles. The average Bonchev–Trinajstić information content (AvgIpc) is 2.68. The van der Waals surface area contributed by atoms with Crippen LogP contribution in [0.2, 0.25) is 0 Å². The number of carbonyl (C=O) groups excluding carboxylic acids is 2.